The maximum atomic E-state index is 12.6. The normalized spacial score (nSPS) is 15.0. The third-order valence-electron chi connectivity index (χ3n) is 6.13. The second-order valence-electron chi connectivity index (χ2n) is 9.02. The molecule has 0 aromatic heterocycles. The van der Waals surface area contributed by atoms with E-state index in [1.807, 2.05) is 24.3 Å². The van der Waals surface area contributed by atoms with E-state index in [1.54, 1.807) is 12.1 Å². The first-order valence-corrected chi connectivity index (χ1v) is 11.5. The summed E-state index contributed by atoms with van der Waals surface area (Å²) in [5, 5.41) is 17.6. The molecule has 1 amide bonds. The number of benzene rings is 2. The topological polar surface area (TPSA) is 87.5 Å². The fourth-order valence-corrected chi connectivity index (χ4v) is 3.94. The Morgan fingerprint density at radius 1 is 1.16 bits per heavy atom. The van der Waals surface area contributed by atoms with Crippen LogP contribution in [0, 0.1) is 16.0 Å². The molecule has 1 heterocycles. The molecular formula is C25H34N4O3. The second kappa shape index (κ2) is 11.1. The molecule has 0 aliphatic carbocycles. The van der Waals surface area contributed by atoms with Crippen LogP contribution in [0.3, 0.4) is 0 Å². The molecule has 1 aliphatic rings. The van der Waals surface area contributed by atoms with Gasteiger partial charge in [0.2, 0.25) is 0 Å². The Morgan fingerprint density at radius 3 is 2.47 bits per heavy atom. The molecule has 1 saturated heterocycles. The van der Waals surface area contributed by atoms with E-state index >= 15 is 0 Å². The van der Waals surface area contributed by atoms with Crippen molar-refractivity contribution in [2.45, 2.75) is 46.0 Å². The number of carbonyl (C=O) groups excluding carboxylic acids is 1. The fraction of sp³-hybridized carbons (Fsp3) is 0.480. The van der Waals surface area contributed by atoms with Crippen molar-refractivity contribution >= 4 is 23.0 Å². The lowest BCUT2D eigenvalue weighted by Crippen LogP contribution is -2.34. The zero-order valence-corrected chi connectivity index (χ0v) is 19.3. The molecule has 0 atom stereocenters. The Kier molecular flexibility index (Phi) is 8.22. The van der Waals surface area contributed by atoms with Gasteiger partial charge in [-0.3, -0.25) is 14.9 Å². The number of carbonyl (C=O) groups is 1. The number of amides is 1. The molecule has 0 spiro atoms. The highest BCUT2D eigenvalue weighted by atomic mass is 16.6. The molecule has 1 fully saturated rings. The van der Waals surface area contributed by atoms with Crippen LogP contribution in [-0.2, 0) is 0 Å². The molecule has 1 aliphatic heterocycles. The van der Waals surface area contributed by atoms with Gasteiger partial charge >= 0.3 is 0 Å². The van der Waals surface area contributed by atoms with E-state index in [1.165, 1.54) is 24.5 Å². The van der Waals surface area contributed by atoms with Gasteiger partial charge in [-0.2, -0.15) is 0 Å². The summed E-state index contributed by atoms with van der Waals surface area (Å²) in [6.07, 6.45) is 3.40. The molecule has 2 aromatic rings. The monoisotopic (exact) mass is 438 g/mol. The Hall–Kier alpha value is -2.93. The Morgan fingerprint density at radius 2 is 1.84 bits per heavy atom. The summed E-state index contributed by atoms with van der Waals surface area (Å²) >= 11 is 0. The van der Waals surface area contributed by atoms with E-state index in [2.05, 4.69) is 36.3 Å². The molecule has 2 N–H and O–H groups in total. The van der Waals surface area contributed by atoms with Crippen LogP contribution in [0.5, 0.6) is 0 Å². The van der Waals surface area contributed by atoms with Crippen molar-refractivity contribution < 1.29 is 9.72 Å². The van der Waals surface area contributed by atoms with E-state index in [-0.39, 0.29) is 17.2 Å². The molecule has 7 nitrogen and oxygen atoms in total. The fourth-order valence-electron chi connectivity index (χ4n) is 3.94. The minimum absolute atomic E-state index is 0.0837. The highest BCUT2D eigenvalue weighted by Gasteiger charge is 2.18. The Bertz CT molecular complexity index is 919. The summed E-state index contributed by atoms with van der Waals surface area (Å²) in [5.41, 5.74) is 2.47. The lowest BCUT2D eigenvalue weighted by Gasteiger charge is -2.30. The van der Waals surface area contributed by atoms with Crippen molar-refractivity contribution in [1.82, 2.24) is 4.90 Å². The predicted octanol–water partition coefficient (Wildman–Crippen LogP) is 5.50. The zero-order chi connectivity index (χ0) is 23.1. The van der Waals surface area contributed by atoms with Crippen LogP contribution in [0.15, 0.2) is 42.5 Å². The third kappa shape index (κ3) is 6.53. The van der Waals surface area contributed by atoms with E-state index < -0.39 is 4.92 Å². The van der Waals surface area contributed by atoms with Crippen molar-refractivity contribution in [2.75, 3.05) is 36.8 Å². The number of nitrogens with one attached hydrogen (secondary N) is 2. The molecule has 32 heavy (non-hydrogen) atoms. The first kappa shape index (κ1) is 23.7. The van der Waals surface area contributed by atoms with Crippen LogP contribution in [0.1, 0.15) is 61.9 Å². The van der Waals surface area contributed by atoms with Gasteiger partial charge in [-0.1, -0.05) is 32.9 Å². The van der Waals surface area contributed by atoms with Gasteiger partial charge in [0.05, 0.1) is 4.92 Å². The molecule has 0 unspecified atom stereocenters. The van der Waals surface area contributed by atoms with Gasteiger partial charge in [-0.05, 0) is 80.6 Å². The van der Waals surface area contributed by atoms with E-state index in [4.69, 9.17) is 0 Å². The van der Waals surface area contributed by atoms with Crippen molar-refractivity contribution in [2.24, 2.45) is 5.92 Å². The minimum atomic E-state index is -0.442. The van der Waals surface area contributed by atoms with Crippen LogP contribution < -0.4 is 10.6 Å². The highest BCUT2D eigenvalue weighted by Crippen LogP contribution is 2.26. The summed E-state index contributed by atoms with van der Waals surface area (Å²) in [6.45, 7) is 10.4. The summed E-state index contributed by atoms with van der Waals surface area (Å²) in [7, 11) is 0. The second-order valence-corrected chi connectivity index (χ2v) is 9.02. The minimum Gasteiger partial charge on any atom is -0.379 e. The summed E-state index contributed by atoms with van der Waals surface area (Å²) in [4.78, 5) is 26.2. The highest BCUT2D eigenvalue weighted by molar-refractivity contribution is 6.05. The third-order valence-corrected chi connectivity index (χ3v) is 6.13. The predicted molar refractivity (Wildman–Crippen MR) is 130 cm³/mol. The number of nitro benzene ring substituents is 1. The molecule has 3 rings (SSSR count). The molecule has 172 valence electrons. The van der Waals surface area contributed by atoms with Crippen LogP contribution in [0.25, 0.3) is 0 Å². The lowest BCUT2D eigenvalue weighted by atomic mass is 9.99. The Labute approximate surface area is 190 Å². The molecular weight excluding hydrogens is 404 g/mol. The number of hydrogen-bond donors (Lipinski definition) is 2. The number of piperidine rings is 1. The summed E-state index contributed by atoms with van der Waals surface area (Å²) in [5.74, 6) is 0.851. The van der Waals surface area contributed by atoms with Crippen LogP contribution >= 0.6 is 0 Å². The Balaban J connectivity index is 1.57. The molecule has 0 bridgehead atoms. The van der Waals surface area contributed by atoms with E-state index in [0.717, 1.165) is 32.0 Å². The van der Waals surface area contributed by atoms with E-state index in [9.17, 15) is 14.9 Å². The van der Waals surface area contributed by atoms with Gasteiger partial charge in [0.25, 0.3) is 11.6 Å². The molecule has 7 heteroatoms. The summed E-state index contributed by atoms with van der Waals surface area (Å²) in [6, 6.07) is 12.2. The largest absolute Gasteiger partial charge is 0.379 e. The van der Waals surface area contributed by atoms with Crippen molar-refractivity contribution in [1.29, 1.82) is 0 Å². The van der Waals surface area contributed by atoms with E-state index in [0.29, 0.717) is 23.8 Å². The standard InChI is InChI=1S/C25H34N4O3/c1-18(2)20-5-8-22(9-6-20)27-25(30)21-7-10-23(24(17-21)29(31)32)26-13-4-14-28-15-11-19(3)12-16-28/h5-10,17-19,26H,4,11-16H2,1-3H3,(H,27,30). The zero-order valence-electron chi connectivity index (χ0n) is 19.3. The van der Waals surface area contributed by atoms with Crippen LogP contribution in [0.2, 0.25) is 0 Å². The number of hydrogen-bond acceptors (Lipinski definition) is 5. The quantitative estimate of drug-likeness (QED) is 0.306. The average molecular weight is 439 g/mol. The number of likely N-dealkylation sites (tertiary alicyclic amines) is 1. The van der Waals surface area contributed by atoms with Gasteiger partial charge in [0.1, 0.15) is 5.69 Å². The maximum absolute atomic E-state index is 12.6. The van der Waals surface area contributed by atoms with Gasteiger partial charge in [-0.15, -0.1) is 0 Å². The number of nitro groups is 1. The first-order valence-electron chi connectivity index (χ1n) is 11.5. The molecule has 0 radical (unpaired) electrons. The van der Waals surface area contributed by atoms with Gasteiger partial charge in [0.15, 0.2) is 0 Å². The van der Waals surface area contributed by atoms with Crippen molar-refractivity contribution in [3.05, 3.63) is 63.7 Å². The number of rotatable bonds is 9. The van der Waals surface area contributed by atoms with Gasteiger partial charge in [-0.25, -0.2) is 0 Å². The smallest absolute Gasteiger partial charge is 0.293 e. The van der Waals surface area contributed by atoms with Crippen LogP contribution in [-0.4, -0.2) is 41.9 Å². The van der Waals surface area contributed by atoms with Gasteiger partial charge < -0.3 is 15.5 Å². The average Bonchev–Trinajstić information content (AvgIpc) is 2.78. The summed E-state index contributed by atoms with van der Waals surface area (Å²) < 4.78 is 0. The number of anilines is 2. The first-order chi connectivity index (χ1) is 15.3. The number of nitrogens with zero attached hydrogens (tertiary/aromatic N) is 2. The maximum Gasteiger partial charge on any atom is 0.293 e. The van der Waals surface area contributed by atoms with Crippen molar-refractivity contribution in [3.63, 3.8) is 0 Å². The van der Waals surface area contributed by atoms with Crippen LogP contribution in [0.4, 0.5) is 17.1 Å². The molecule has 0 saturated carbocycles. The molecule has 2 aromatic carbocycles. The lowest BCUT2D eigenvalue weighted by molar-refractivity contribution is -0.384. The SMILES string of the molecule is CC1CCN(CCCNc2ccc(C(=O)Nc3ccc(C(C)C)cc3)cc2[N+](=O)[O-])CC1. The van der Waals surface area contributed by atoms with Gasteiger partial charge in [0, 0.05) is 23.9 Å². The van der Waals surface area contributed by atoms with Crippen molar-refractivity contribution in [3.8, 4) is 0 Å².